The van der Waals surface area contributed by atoms with Crippen molar-refractivity contribution in [2.75, 3.05) is 13.6 Å². The number of nitrogens with one attached hydrogen (secondary N) is 1. The predicted molar refractivity (Wildman–Crippen MR) is 113 cm³/mol. The molecule has 0 amide bonds. The topological polar surface area (TPSA) is 38.3 Å². The molecule has 0 saturated heterocycles. The second kappa shape index (κ2) is 17.6. The van der Waals surface area contributed by atoms with E-state index in [1.165, 1.54) is 77.0 Å². The fourth-order valence-corrected chi connectivity index (χ4v) is 3.38. The van der Waals surface area contributed by atoms with Crippen LogP contribution < -0.4 is 5.32 Å². The molecule has 0 radical (unpaired) electrons. The molecule has 0 rings (SSSR count). The van der Waals surface area contributed by atoms with Crippen LogP contribution in [0.2, 0.25) is 0 Å². The molecule has 0 heterocycles. The van der Waals surface area contributed by atoms with Gasteiger partial charge in [-0.25, -0.2) is 4.79 Å². The van der Waals surface area contributed by atoms with Crippen LogP contribution in [0.15, 0.2) is 12.2 Å². The lowest BCUT2D eigenvalue weighted by Gasteiger charge is -2.24. The lowest BCUT2D eigenvalue weighted by atomic mass is 9.95. The van der Waals surface area contributed by atoms with Crippen LogP contribution in [-0.2, 0) is 9.53 Å². The normalized spacial score (nSPS) is 13.4. The molecule has 0 fully saturated rings. The number of unbranched alkanes of at least 4 members (excludes halogenated alkanes) is 11. The highest BCUT2D eigenvalue weighted by atomic mass is 16.5. The standard InChI is InChI=1S/C23H45NO2/c1-6-7-8-9-10-11-12-13-14-15-16-17-18-22(19-24-5)21(4)26-23(25)20(2)3/h21-22,24H,2,6-19H2,1,3-5H3. The average molecular weight is 368 g/mol. The summed E-state index contributed by atoms with van der Waals surface area (Å²) < 4.78 is 5.51. The second-order valence-corrected chi connectivity index (χ2v) is 7.89. The van der Waals surface area contributed by atoms with Crippen molar-refractivity contribution in [3.05, 3.63) is 12.2 Å². The SMILES string of the molecule is C=C(C)C(=O)OC(C)C(CCCCCCCCCCCCCC)CNC. The molecule has 154 valence electrons. The smallest absolute Gasteiger partial charge is 0.333 e. The summed E-state index contributed by atoms with van der Waals surface area (Å²) in [5.41, 5.74) is 0.477. The third kappa shape index (κ3) is 14.4. The highest BCUT2D eigenvalue weighted by molar-refractivity contribution is 5.87. The fraction of sp³-hybridized carbons (Fsp3) is 0.870. The van der Waals surface area contributed by atoms with Gasteiger partial charge in [0.15, 0.2) is 0 Å². The molecule has 3 heteroatoms. The second-order valence-electron chi connectivity index (χ2n) is 7.89. The molecule has 2 unspecified atom stereocenters. The van der Waals surface area contributed by atoms with Crippen LogP contribution in [0.25, 0.3) is 0 Å². The summed E-state index contributed by atoms with van der Waals surface area (Å²) in [7, 11) is 1.96. The van der Waals surface area contributed by atoms with E-state index >= 15 is 0 Å². The third-order valence-corrected chi connectivity index (χ3v) is 5.20. The lowest BCUT2D eigenvalue weighted by molar-refractivity contribution is -0.146. The number of esters is 1. The summed E-state index contributed by atoms with van der Waals surface area (Å²) in [4.78, 5) is 11.7. The lowest BCUT2D eigenvalue weighted by Crippen LogP contribution is -2.31. The van der Waals surface area contributed by atoms with Crippen LogP contribution >= 0.6 is 0 Å². The molecule has 1 N–H and O–H groups in total. The predicted octanol–water partition coefficient (Wildman–Crippen LogP) is 6.42. The minimum atomic E-state index is -0.270. The summed E-state index contributed by atoms with van der Waals surface area (Å²) >= 11 is 0. The quantitative estimate of drug-likeness (QED) is 0.172. The Balaban J connectivity index is 3.68. The number of hydrogen-bond donors (Lipinski definition) is 1. The molecular formula is C23H45NO2. The van der Waals surface area contributed by atoms with Crippen LogP contribution in [-0.4, -0.2) is 25.7 Å². The van der Waals surface area contributed by atoms with E-state index in [1.54, 1.807) is 6.92 Å². The first-order valence-corrected chi connectivity index (χ1v) is 11.0. The van der Waals surface area contributed by atoms with Gasteiger partial charge in [0.2, 0.25) is 0 Å². The molecule has 0 saturated carbocycles. The van der Waals surface area contributed by atoms with Crippen molar-refractivity contribution >= 4 is 5.97 Å². The number of carbonyl (C=O) groups is 1. The molecule has 0 aliphatic heterocycles. The Hall–Kier alpha value is -0.830. The highest BCUT2D eigenvalue weighted by Gasteiger charge is 2.20. The Morgan fingerprint density at radius 1 is 0.923 bits per heavy atom. The summed E-state index contributed by atoms with van der Waals surface area (Å²) in [6, 6.07) is 0. The van der Waals surface area contributed by atoms with Crippen LogP contribution in [0.1, 0.15) is 104 Å². The van der Waals surface area contributed by atoms with Crippen LogP contribution in [0.5, 0.6) is 0 Å². The number of hydrogen-bond acceptors (Lipinski definition) is 3. The zero-order valence-electron chi connectivity index (χ0n) is 18.1. The number of ether oxygens (including phenoxy) is 1. The minimum absolute atomic E-state index is 0.0561. The molecule has 0 spiro atoms. The Bertz CT molecular complexity index is 354. The van der Waals surface area contributed by atoms with Gasteiger partial charge in [-0.2, -0.15) is 0 Å². The molecule has 0 aromatic heterocycles. The van der Waals surface area contributed by atoms with Gasteiger partial charge in [0.05, 0.1) is 0 Å². The van der Waals surface area contributed by atoms with Crippen molar-refractivity contribution < 1.29 is 9.53 Å². The first kappa shape index (κ1) is 25.2. The summed E-state index contributed by atoms with van der Waals surface area (Å²) in [6.07, 6.45) is 17.5. The van der Waals surface area contributed by atoms with E-state index in [1.807, 2.05) is 14.0 Å². The van der Waals surface area contributed by atoms with Crippen LogP contribution in [0.4, 0.5) is 0 Å². The van der Waals surface area contributed by atoms with E-state index in [4.69, 9.17) is 4.74 Å². The maximum Gasteiger partial charge on any atom is 0.333 e. The summed E-state index contributed by atoms with van der Waals surface area (Å²) in [5.74, 6) is 0.111. The zero-order valence-corrected chi connectivity index (χ0v) is 18.1. The van der Waals surface area contributed by atoms with Gasteiger partial charge in [-0.15, -0.1) is 0 Å². The molecule has 0 aliphatic carbocycles. The number of rotatable bonds is 18. The van der Waals surface area contributed by atoms with E-state index in [-0.39, 0.29) is 12.1 Å². The van der Waals surface area contributed by atoms with Gasteiger partial charge in [0, 0.05) is 18.0 Å². The Labute approximate surface area is 163 Å². The van der Waals surface area contributed by atoms with Crippen LogP contribution in [0, 0.1) is 5.92 Å². The van der Waals surface area contributed by atoms with Crippen molar-refractivity contribution in [3.8, 4) is 0 Å². The van der Waals surface area contributed by atoms with Crippen LogP contribution in [0.3, 0.4) is 0 Å². The molecule has 3 nitrogen and oxygen atoms in total. The first-order valence-electron chi connectivity index (χ1n) is 11.0. The van der Waals surface area contributed by atoms with Crippen molar-refractivity contribution in [1.29, 1.82) is 0 Å². The van der Waals surface area contributed by atoms with Gasteiger partial charge in [0.25, 0.3) is 0 Å². The Morgan fingerprint density at radius 2 is 1.38 bits per heavy atom. The first-order chi connectivity index (χ1) is 12.5. The van der Waals surface area contributed by atoms with Crippen molar-refractivity contribution in [1.82, 2.24) is 5.32 Å². The maximum absolute atomic E-state index is 11.7. The minimum Gasteiger partial charge on any atom is -0.459 e. The van der Waals surface area contributed by atoms with Gasteiger partial charge in [-0.1, -0.05) is 90.6 Å². The maximum atomic E-state index is 11.7. The van der Waals surface area contributed by atoms with E-state index in [0.29, 0.717) is 11.5 Å². The van der Waals surface area contributed by atoms with Crippen molar-refractivity contribution in [2.24, 2.45) is 5.92 Å². The van der Waals surface area contributed by atoms with Gasteiger partial charge in [-0.05, 0) is 27.3 Å². The summed E-state index contributed by atoms with van der Waals surface area (Å²) in [6.45, 7) is 10.5. The molecule has 26 heavy (non-hydrogen) atoms. The van der Waals surface area contributed by atoms with Gasteiger partial charge in [0.1, 0.15) is 6.10 Å². The van der Waals surface area contributed by atoms with E-state index < -0.39 is 0 Å². The van der Waals surface area contributed by atoms with Crippen molar-refractivity contribution in [2.45, 2.75) is 110 Å². The average Bonchev–Trinajstić information content (AvgIpc) is 2.61. The molecule has 0 aliphatic rings. The molecule has 2 atom stereocenters. The van der Waals surface area contributed by atoms with Gasteiger partial charge in [-0.3, -0.25) is 0 Å². The Morgan fingerprint density at radius 3 is 1.81 bits per heavy atom. The van der Waals surface area contributed by atoms with Gasteiger partial charge < -0.3 is 10.1 Å². The Kier molecular flexibility index (Phi) is 17.0. The largest absolute Gasteiger partial charge is 0.459 e. The van der Waals surface area contributed by atoms with E-state index in [9.17, 15) is 4.79 Å². The van der Waals surface area contributed by atoms with E-state index in [0.717, 1.165) is 13.0 Å². The zero-order chi connectivity index (χ0) is 19.6. The molecule has 0 aromatic rings. The highest BCUT2D eigenvalue weighted by Crippen LogP contribution is 2.18. The number of carbonyl (C=O) groups excluding carboxylic acids is 1. The summed E-state index contributed by atoms with van der Waals surface area (Å²) in [5, 5.41) is 3.23. The molecule has 0 bridgehead atoms. The van der Waals surface area contributed by atoms with E-state index in [2.05, 4.69) is 18.8 Å². The third-order valence-electron chi connectivity index (χ3n) is 5.20. The molecular weight excluding hydrogens is 322 g/mol. The fourth-order valence-electron chi connectivity index (χ4n) is 3.38. The van der Waals surface area contributed by atoms with Crippen molar-refractivity contribution in [3.63, 3.8) is 0 Å². The molecule has 0 aromatic carbocycles. The van der Waals surface area contributed by atoms with Gasteiger partial charge >= 0.3 is 5.97 Å². The monoisotopic (exact) mass is 367 g/mol.